The number of nitrogens with zero attached hydrogens (tertiary/aromatic N) is 2. The second kappa shape index (κ2) is 7.75. The summed E-state index contributed by atoms with van der Waals surface area (Å²) in [4.78, 5) is 16.4. The van der Waals surface area contributed by atoms with Crippen molar-refractivity contribution in [2.24, 2.45) is 5.41 Å². The van der Waals surface area contributed by atoms with Crippen LogP contribution in [0.4, 0.5) is 0 Å². The maximum atomic E-state index is 12.4. The van der Waals surface area contributed by atoms with Crippen molar-refractivity contribution in [3.8, 4) is 0 Å². The fourth-order valence-electron chi connectivity index (χ4n) is 3.07. The molecule has 0 aromatic heterocycles. The van der Waals surface area contributed by atoms with E-state index in [0.717, 1.165) is 37.9 Å². The molecule has 1 fully saturated rings. The van der Waals surface area contributed by atoms with Crippen molar-refractivity contribution in [3.05, 3.63) is 35.9 Å². The highest BCUT2D eigenvalue weighted by Gasteiger charge is 2.32. The lowest BCUT2D eigenvalue weighted by Gasteiger charge is -2.40. The summed E-state index contributed by atoms with van der Waals surface area (Å²) in [5.41, 5.74) is 1.23. The average molecular weight is 304 g/mol. The number of piperidine rings is 1. The first-order valence-corrected chi connectivity index (χ1v) is 8.20. The van der Waals surface area contributed by atoms with Crippen molar-refractivity contribution in [1.82, 2.24) is 9.80 Å². The molecule has 122 valence electrons. The minimum Gasteiger partial charge on any atom is -0.396 e. The minimum absolute atomic E-state index is 0.0789. The van der Waals surface area contributed by atoms with E-state index in [2.05, 4.69) is 11.8 Å². The quantitative estimate of drug-likeness (QED) is 0.875. The highest BCUT2D eigenvalue weighted by Crippen LogP contribution is 2.34. The molecular formula is C18H28N2O2. The van der Waals surface area contributed by atoms with Gasteiger partial charge < -0.3 is 10.0 Å². The fraction of sp³-hybridized carbons (Fsp3) is 0.611. The molecule has 22 heavy (non-hydrogen) atoms. The van der Waals surface area contributed by atoms with Gasteiger partial charge in [0.25, 0.3) is 0 Å². The number of rotatable bonds is 6. The summed E-state index contributed by atoms with van der Waals surface area (Å²) in [5.74, 6) is 0.164. The Morgan fingerprint density at radius 1 is 1.27 bits per heavy atom. The SMILES string of the molecule is CCC1(CO)CCN(CC(=O)N(C)Cc2ccccc2)CC1. The van der Waals surface area contributed by atoms with Gasteiger partial charge in [0.05, 0.1) is 6.54 Å². The van der Waals surface area contributed by atoms with Gasteiger partial charge >= 0.3 is 0 Å². The molecule has 1 amide bonds. The molecule has 0 spiro atoms. The molecule has 1 aliphatic heterocycles. The van der Waals surface area contributed by atoms with E-state index in [9.17, 15) is 9.90 Å². The molecule has 0 aliphatic carbocycles. The number of carbonyl (C=O) groups excluding carboxylic acids is 1. The maximum Gasteiger partial charge on any atom is 0.236 e. The Morgan fingerprint density at radius 3 is 2.45 bits per heavy atom. The number of likely N-dealkylation sites (N-methyl/N-ethyl adjacent to an activating group) is 1. The fourth-order valence-corrected chi connectivity index (χ4v) is 3.07. The van der Waals surface area contributed by atoms with Crippen LogP contribution in [-0.2, 0) is 11.3 Å². The lowest BCUT2D eigenvalue weighted by atomic mass is 9.77. The maximum absolute atomic E-state index is 12.4. The van der Waals surface area contributed by atoms with Crippen molar-refractivity contribution < 1.29 is 9.90 Å². The van der Waals surface area contributed by atoms with Crippen LogP contribution < -0.4 is 0 Å². The highest BCUT2D eigenvalue weighted by molar-refractivity contribution is 5.78. The molecule has 1 aromatic rings. The van der Waals surface area contributed by atoms with E-state index < -0.39 is 0 Å². The van der Waals surface area contributed by atoms with E-state index in [-0.39, 0.29) is 17.9 Å². The van der Waals surface area contributed by atoms with Crippen LogP contribution in [0.2, 0.25) is 0 Å². The molecule has 4 nitrogen and oxygen atoms in total. The molecule has 0 radical (unpaired) electrons. The number of amides is 1. The number of carbonyl (C=O) groups is 1. The standard InChI is InChI=1S/C18H28N2O2/c1-3-18(15-21)9-11-20(12-10-18)14-17(22)19(2)13-16-7-5-4-6-8-16/h4-8,21H,3,9-15H2,1-2H3. The highest BCUT2D eigenvalue weighted by atomic mass is 16.3. The smallest absolute Gasteiger partial charge is 0.236 e. The van der Waals surface area contributed by atoms with Crippen molar-refractivity contribution in [2.45, 2.75) is 32.7 Å². The van der Waals surface area contributed by atoms with E-state index in [1.54, 1.807) is 4.90 Å². The van der Waals surface area contributed by atoms with E-state index >= 15 is 0 Å². The minimum atomic E-state index is 0.0789. The Labute approximate surface area is 133 Å². The predicted molar refractivity (Wildman–Crippen MR) is 88.4 cm³/mol. The summed E-state index contributed by atoms with van der Waals surface area (Å²) in [6.45, 7) is 5.35. The molecule has 0 saturated carbocycles. The first-order chi connectivity index (χ1) is 10.6. The van der Waals surface area contributed by atoms with Gasteiger partial charge in [-0.25, -0.2) is 0 Å². The van der Waals surface area contributed by atoms with E-state index in [1.165, 1.54) is 0 Å². The molecule has 0 unspecified atom stereocenters. The van der Waals surface area contributed by atoms with Crippen LogP contribution in [0.15, 0.2) is 30.3 Å². The Bertz CT molecular complexity index is 461. The Morgan fingerprint density at radius 2 is 1.91 bits per heavy atom. The average Bonchev–Trinajstić information content (AvgIpc) is 2.56. The lowest BCUT2D eigenvalue weighted by molar-refractivity contribution is -0.132. The number of hydrogen-bond donors (Lipinski definition) is 1. The van der Waals surface area contributed by atoms with Crippen molar-refractivity contribution >= 4 is 5.91 Å². The molecule has 1 aromatic carbocycles. The Hall–Kier alpha value is -1.39. The molecule has 0 bridgehead atoms. The third-order valence-corrected chi connectivity index (χ3v) is 5.05. The van der Waals surface area contributed by atoms with Crippen LogP contribution >= 0.6 is 0 Å². The van der Waals surface area contributed by atoms with E-state index in [0.29, 0.717) is 13.1 Å². The van der Waals surface area contributed by atoms with Gasteiger partial charge in [-0.1, -0.05) is 37.3 Å². The van der Waals surface area contributed by atoms with E-state index in [1.807, 2.05) is 37.4 Å². The first kappa shape index (κ1) is 17.0. The van der Waals surface area contributed by atoms with Crippen molar-refractivity contribution in [2.75, 3.05) is 33.3 Å². The monoisotopic (exact) mass is 304 g/mol. The number of aliphatic hydroxyl groups excluding tert-OH is 1. The molecule has 2 rings (SSSR count). The summed E-state index contributed by atoms with van der Waals surface area (Å²) < 4.78 is 0. The van der Waals surface area contributed by atoms with Crippen molar-refractivity contribution in [1.29, 1.82) is 0 Å². The Kier molecular flexibility index (Phi) is 5.98. The lowest BCUT2D eigenvalue weighted by Crippen LogP contribution is -2.46. The molecule has 1 N–H and O–H groups in total. The molecule has 0 atom stereocenters. The van der Waals surface area contributed by atoms with Crippen LogP contribution in [0.3, 0.4) is 0 Å². The number of aliphatic hydroxyl groups is 1. The Balaban J connectivity index is 1.80. The predicted octanol–water partition coefficient (Wildman–Crippen LogP) is 2.13. The van der Waals surface area contributed by atoms with Crippen LogP contribution in [0.5, 0.6) is 0 Å². The van der Waals surface area contributed by atoms with Crippen LogP contribution in [-0.4, -0.2) is 54.1 Å². The summed E-state index contributed by atoms with van der Waals surface area (Å²) in [7, 11) is 1.86. The zero-order chi connectivity index (χ0) is 16.0. The normalized spacial score (nSPS) is 18.1. The van der Waals surface area contributed by atoms with Gasteiger partial charge in [-0.15, -0.1) is 0 Å². The summed E-state index contributed by atoms with van der Waals surface area (Å²) >= 11 is 0. The second-order valence-corrected chi connectivity index (χ2v) is 6.52. The summed E-state index contributed by atoms with van der Waals surface area (Å²) in [6, 6.07) is 10.1. The number of likely N-dealkylation sites (tertiary alicyclic amines) is 1. The number of hydrogen-bond acceptors (Lipinski definition) is 3. The largest absolute Gasteiger partial charge is 0.396 e. The summed E-state index contributed by atoms with van der Waals surface area (Å²) in [5, 5.41) is 9.57. The van der Waals surface area contributed by atoms with E-state index in [4.69, 9.17) is 0 Å². The van der Waals surface area contributed by atoms with Gasteiger partial charge in [0.15, 0.2) is 0 Å². The van der Waals surface area contributed by atoms with Gasteiger partial charge in [0, 0.05) is 20.2 Å². The number of benzene rings is 1. The molecule has 1 aliphatic rings. The van der Waals surface area contributed by atoms with Crippen LogP contribution in [0.25, 0.3) is 0 Å². The van der Waals surface area contributed by atoms with Gasteiger partial charge in [0.2, 0.25) is 5.91 Å². The topological polar surface area (TPSA) is 43.8 Å². The second-order valence-electron chi connectivity index (χ2n) is 6.52. The van der Waals surface area contributed by atoms with Crippen LogP contribution in [0, 0.1) is 5.41 Å². The van der Waals surface area contributed by atoms with Gasteiger partial charge in [-0.05, 0) is 43.3 Å². The van der Waals surface area contributed by atoms with Gasteiger partial charge in [-0.2, -0.15) is 0 Å². The zero-order valence-corrected chi connectivity index (χ0v) is 13.8. The molecular weight excluding hydrogens is 276 g/mol. The van der Waals surface area contributed by atoms with Crippen molar-refractivity contribution in [3.63, 3.8) is 0 Å². The molecule has 1 saturated heterocycles. The molecule has 1 heterocycles. The molecule has 4 heteroatoms. The summed E-state index contributed by atoms with van der Waals surface area (Å²) in [6.07, 6.45) is 2.98. The zero-order valence-electron chi connectivity index (χ0n) is 13.8. The van der Waals surface area contributed by atoms with Gasteiger partial charge in [-0.3, -0.25) is 9.69 Å². The third-order valence-electron chi connectivity index (χ3n) is 5.05. The van der Waals surface area contributed by atoms with Gasteiger partial charge in [0.1, 0.15) is 0 Å². The first-order valence-electron chi connectivity index (χ1n) is 8.20. The third kappa shape index (κ3) is 4.31. The van der Waals surface area contributed by atoms with Crippen LogP contribution in [0.1, 0.15) is 31.7 Å².